The fraction of sp³-hybridized carbons (Fsp3) is 0.780. The molecule has 82 heavy (non-hydrogen) atoms. The molecular formula is C59H96N6O17. The molecule has 1 unspecified atom stereocenters. The zero-order chi connectivity index (χ0) is 60.4. The van der Waals surface area contributed by atoms with E-state index in [9.17, 15) is 44.8 Å². The fourth-order valence-corrected chi connectivity index (χ4v) is 11.2. The summed E-state index contributed by atoms with van der Waals surface area (Å²) in [7, 11) is 4.68. The fourth-order valence-electron chi connectivity index (χ4n) is 11.2. The quantitative estimate of drug-likeness (QED) is 0.0195. The van der Waals surface area contributed by atoms with E-state index in [-0.39, 0.29) is 62.8 Å². The molecule has 4 aliphatic rings. The zero-order valence-electron chi connectivity index (χ0n) is 49.9. The molecule has 0 aromatic rings. The maximum atomic E-state index is 14.7. The van der Waals surface area contributed by atoms with Crippen LogP contribution in [0.25, 0.3) is 10.4 Å². The minimum atomic E-state index is -2.49. The Kier molecular flexibility index (Phi) is 30.9. The van der Waals surface area contributed by atoms with Crippen molar-refractivity contribution >= 4 is 29.5 Å². The van der Waals surface area contributed by atoms with Crippen LogP contribution in [0, 0.1) is 29.6 Å². The molecule has 1 aliphatic carbocycles. The van der Waals surface area contributed by atoms with E-state index in [1.165, 1.54) is 7.11 Å². The van der Waals surface area contributed by atoms with Crippen LogP contribution in [0.1, 0.15) is 119 Å². The molecular weight excluding hydrogens is 1060 g/mol. The summed E-state index contributed by atoms with van der Waals surface area (Å²) in [5, 5.41) is 41.4. The van der Waals surface area contributed by atoms with Crippen LogP contribution in [-0.2, 0) is 61.8 Å². The lowest BCUT2D eigenvalue weighted by molar-refractivity contribution is -0.265. The third-order valence-electron chi connectivity index (χ3n) is 16.3. The van der Waals surface area contributed by atoms with Crippen LogP contribution in [0.4, 0.5) is 4.79 Å². The molecule has 0 aromatic heterocycles. The lowest BCUT2D eigenvalue weighted by Gasteiger charge is -2.43. The van der Waals surface area contributed by atoms with Crippen molar-refractivity contribution in [3.05, 3.63) is 58.0 Å². The number of alkyl carbamates (subject to hydrolysis) is 1. The Morgan fingerprint density at radius 1 is 0.841 bits per heavy atom. The highest BCUT2D eigenvalue weighted by Crippen LogP contribution is 2.38. The van der Waals surface area contributed by atoms with E-state index < -0.39 is 114 Å². The van der Waals surface area contributed by atoms with Crippen molar-refractivity contribution in [1.82, 2.24) is 10.2 Å². The molecule has 2 bridgehead atoms. The average molecular weight is 1160 g/mol. The van der Waals surface area contributed by atoms with Crippen molar-refractivity contribution in [1.29, 1.82) is 0 Å². The lowest BCUT2D eigenvalue weighted by atomic mass is 9.80. The van der Waals surface area contributed by atoms with Crippen molar-refractivity contribution in [3.63, 3.8) is 0 Å². The van der Waals surface area contributed by atoms with Gasteiger partial charge in [0.25, 0.3) is 11.7 Å². The van der Waals surface area contributed by atoms with Gasteiger partial charge >= 0.3 is 12.1 Å². The summed E-state index contributed by atoms with van der Waals surface area (Å²) in [4.78, 5) is 74.2. The van der Waals surface area contributed by atoms with Gasteiger partial charge in [-0.3, -0.25) is 14.4 Å². The first kappa shape index (κ1) is 69.9. The SMILES string of the molecule is COCCOCCOCCOCCNC(=O)O[C@@H]1CC[C@@H](C[C@@H](N)[C@@H]2CC(N=[N+]=[N-])[C@H](C)/C=C(\C)[C@@H](O)[C@@H](O)C(=O)[C@H](C)C[C@H](C)/C=C/C=C/C=C(\C)[C@@H](OC)C[C@@H]3CC[C@@H](C)[C@@](O)(O3)C(=O)C(=O)N3CCCC[C@H]3C(=O)O2)C[C@H]1OC. The van der Waals surface area contributed by atoms with Crippen LogP contribution in [0.15, 0.2) is 52.7 Å². The number of hydrogen-bond donors (Lipinski definition) is 5. The number of ether oxygens (including phenoxy) is 9. The molecule has 0 spiro atoms. The van der Waals surface area contributed by atoms with Crippen LogP contribution in [0.3, 0.4) is 0 Å². The Morgan fingerprint density at radius 3 is 2.21 bits per heavy atom. The number of methoxy groups -OCH3 is 3. The third kappa shape index (κ3) is 21.8. The number of nitrogens with zero attached hydrogens (tertiary/aromatic N) is 4. The number of aliphatic hydroxyl groups is 3. The van der Waals surface area contributed by atoms with Crippen molar-refractivity contribution < 1.29 is 81.9 Å². The normalized spacial score (nSPS) is 35.1. The number of piperidine rings is 1. The van der Waals surface area contributed by atoms with Crippen molar-refractivity contribution in [3.8, 4) is 0 Å². The van der Waals surface area contributed by atoms with Gasteiger partial charge in [-0.25, -0.2) is 9.59 Å². The Labute approximate surface area is 484 Å². The summed E-state index contributed by atoms with van der Waals surface area (Å²) >= 11 is 0. The minimum Gasteiger partial charge on any atom is -0.459 e. The number of hydrogen-bond acceptors (Lipinski definition) is 19. The molecule has 1 saturated carbocycles. The van der Waals surface area contributed by atoms with E-state index in [1.807, 2.05) is 44.2 Å². The smallest absolute Gasteiger partial charge is 0.407 e. The summed E-state index contributed by atoms with van der Waals surface area (Å²) in [6, 6.07) is -3.11. The molecule has 6 N–H and O–H groups in total. The number of rotatable bonds is 19. The average Bonchev–Trinajstić information content (AvgIpc) is 3.66. The molecule has 4 rings (SSSR count). The van der Waals surface area contributed by atoms with Gasteiger partial charge in [0.05, 0.1) is 64.6 Å². The van der Waals surface area contributed by atoms with Gasteiger partial charge in [0.15, 0.2) is 5.78 Å². The zero-order valence-corrected chi connectivity index (χ0v) is 49.9. The van der Waals surface area contributed by atoms with Crippen molar-refractivity contribution in [2.75, 3.05) is 80.7 Å². The van der Waals surface area contributed by atoms with Crippen molar-refractivity contribution in [2.45, 2.75) is 185 Å². The number of fused-ring (bicyclic) bond motifs is 3. The second-order valence-corrected chi connectivity index (χ2v) is 22.6. The topological polar surface area (TPSA) is 319 Å². The van der Waals surface area contributed by atoms with Gasteiger partial charge in [-0.15, -0.1) is 0 Å². The van der Waals surface area contributed by atoms with Gasteiger partial charge in [-0.05, 0) is 119 Å². The van der Waals surface area contributed by atoms with E-state index >= 15 is 0 Å². The molecule has 0 radical (unpaired) electrons. The molecule has 464 valence electrons. The molecule has 3 fully saturated rings. The first-order chi connectivity index (χ1) is 39.2. The molecule has 23 nitrogen and oxygen atoms in total. The van der Waals surface area contributed by atoms with Crippen LogP contribution in [0.5, 0.6) is 0 Å². The van der Waals surface area contributed by atoms with Gasteiger partial charge in [-0.1, -0.05) is 69.3 Å². The van der Waals surface area contributed by atoms with E-state index in [0.29, 0.717) is 91.0 Å². The Bertz CT molecular complexity index is 2190. The number of nitrogens with one attached hydrogen (secondary N) is 1. The highest BCUT2D eigenvalue weighted by molar-refractivity contribution is 6.39. The molecule has 16 atom stereocenters. The predicted molar refractivity (Wildman–Crippen MR) is 304 cm³/mol. The second-order valence-electron chi connectivity index (χ2n) is 22.6. The van der Waals surface area contributed by atoms with E-state index in [2.05, 4.69) is 15.3 Å². The number of allylic oxidation sites excluding steroid dienone is 5. The van der Waals surface area contributed by atoms with Crippen LogP contribution in [0.2, 0.25) is 0 Å². The van der Waals surface area contributed by atoms with E-state index in [1.54, 1.807) is 48.0 Å². The van der Waals surface area contributed by atoms with Gasteiger partial charge in [-0.2, -0.15) is 0 Å². The number of amides is 2. The second kappa shape index (κ2) is 36.3. The van der Waals surface area contributed by atoms with Gasteiger partial charge in [0.2, 0.25) is 5.79 Å². The van der Waals surface area contributed by atoms with Gasteiger partial charge in [0, 0.05) is 69.7 Å². The third-order valence-corrected chi connectivity index (χ3v) is 16.3. The number of ketones is 2. The van der Waals surface area contributed by atoms with Crippen LogP contribution in [-0.4, -0.2) is 197 Å². The predicted octanol–water partition coefficient (Wildman–Crippen LogP) is 5.76. The first-order valence-corrected chi connectivity index (χ1v) is 29.3. The summed E-state index contributed by atoms with van der Waals surface area (Å²) in [6.07, 6.45) is 7.76. The Hall–Kier alpha value is -4.62. The molecule has 3 aliphatic heterocycles. The standard InChI is InChI=1S/C59H96N6O17/c1-37-15-11-10-12-16-38(2)49(75-8)35-44-20-18-42(6)59(73,82-44)55(69)56(70)65-23-14-13-17-47(65)57(71)80-50(36-46(63-64-61)39(3)32-41(5)53(67)54(68)52(66)40(4)31-37)45(60)33-43-19-21-48(51(34-43)76-9)81-58(72)62-22-24-77-27-28-79-30-29-78-26-25-74-7/h10-12,15-16,32,37,39-40,42-51,53-54,67-68,73H,13-14,17-31,33-36,60H2,1-9H3,(H,62,72)/b12-10+,15-11+,38-16+,41-32+/t37-,39-,40-,42-,43+,44+,45-,46?,47+,48-,49+,50+,51-,53-,54+,59-/m1/s1. The number of aliphatic hydroxyl groups excluding tert-OH is 2. The number of esters is 1. The number of cyclic esters (lactones) is 1. The summed E-state index contributed by atoms with van der Waals surface area (Å²) in [6.45, 7) is 13.5. The van der Waals surface area contributed by atoms with E-state index in [0.717, 1.165) is 10.5 Å². The molecule has 3 heterocycles. The number of Topliss-reactive ketones (excluding diaryl/α,β-unsaturated/α-hetero) is 2. The number of carbonyl (C=O) groups excluding carboxylic acids is 5. The van der Waals surface area contributed by atoms with E-state index in [4.69, 9.17) is 48.4 Å². The Morgan fingerprint density at radius 2 is 1.54 bits per heavy atom. The summed E-state index contributed by atoms with van der Waals surface area (Å²) in [5.41, 5.74) is 18.1. The van der Waals surface area contributed by atoms with Crippen LogP contribution < -0.4 is 11.1 Å². The number of carbonyl (C=O) groups is 5. The summed E-state index contributed by atoms with van der Waals surface area (Å²) in [5.74, 6) is -8.41. The summed E-state index contributed by atoms with van der Waals surface area (Å²) < 4.78 is 51.3. The van der Waals surface area contributed by atoms with Crippen molar-refractivity contribution in [2.24, 2.45) is 40.4 Å². The number of nitrogens with two attached hydrogens (primary N) is 1. The first-order valence-electron chi connectivity index (χ1n) is 29.3. The maximum Gasteiger partial charge on any atom is 0.407 e. The number of azide groups is 1. The highest BCUT2D eigenvalue weighted by atomic mass is 16.6. The maximum absolute atomic E-state index is 14.7. The minimum absolute atomic E-state index is 0.0161. The lowest BCUT2D eigenvalue weighted by Crippen LogP contribution is -2.61. The largest absolute Gasteiger partial charge is 0.459 e. The highest BCUT2D eigenvalue weighted by Gasteiger charge is 2.53. The van der Waals surface area contributed by atoms with Gasteiger partial charge in [0.1, 0.15) is 30.5 Å². The molecule has 23 heteroatoms. The van der Waals surface area contributed by atoms with Crippen LogP contribution >= 0.6 is 0 Å². The Balaban J connectivity index is 1.58. The molecule has 0 aromatic carbocycles. The molecule has 2 amide bonds. The monoisotopic (exact) mass is 1160 g/mol. The van der Waals surface area contributed by atoms with Gasteiger partial charge < -0.3 is 73.9 Å². The molecule has 2 saturated heterocycles.